The lowest BCUT2D eigenvalue weighted by Crippen LogP contribution is -2.40. The summed E-state index contributed by atoms with van der Waals surface area (Å²) in [5.41, 5.74) is 0. The highest BCUT2D eigenvalue weighted by atomic mass is 32.2. The first-order valence-corrected chi connectivity index (χ1v) is 8.83. The van der Waals surface area contributed by atoms with Gasteiger partial charge in [-0.05, 0) is 45.4 Å². The van der Waals surface area contributed by atoms with Crippen LogP contribution in [-0.2, 0) is 0 Å². The van der Waals surface area contributed by atoms with Crippen LogP contribution in [0.4, 0.5) is 0 Å². The van der Waals surface area contributed by atoms with Crippen LogP contribution >= 0.6 is 11.8 Å². The van der Waals surface area contributed by atoms with E-state index in [1.807, 2.05) is 11.8 Å². The molecule has 1 N–H and O–H groups in total. The van der Waals surface area contributed by atoms with E-state index in [1.165, 1.54) is 25.0 Å². The molecule has 2 unspecified atom stereocenters. The Hall–Kier alpha value is 0.270. The van der Waals surface area contributed by atoms with Gasteiger partial charge in [-0.15, -0.1) is 0 Å². The van der Waals surface area contributed by atoms with E-state index in [2.05, 4.69) is 51.2 Å². The Morgan fingerprint density at radius 2 is 1.83 bits per heavy atom. The van der Waals surface area contributed by atoms with Crippen LogP contribution in [0, 0.1) is 5.92 Å². The molecule has 18 heavy (non-hydrogen) atoms. The molecular formula is C15H34N2S. The van der Waals surface area contributed by atoms with Gasteiger partial charge in [-0.3, -0.25) is 0 Å². The Morgan fingerprint density at radius 3 is 2.33 bits per heavy atom. The lowest BCUT2D eigenvalue weighted by atomic mass is 10.0. The zero-order chi connectivity index (χ0) is 14.0. The number of hydrogen-bond donors (Lipinski definition) is 1. The molecule has 0 saturated heterocycles. The summed E-state index contributed by atoms with van der Waals surface area (Å²) in [6, 6.07) is 1.38. The van der Waals surface area contributed by atoms with Crippen LogP contribution in [0.15, 0.2) is 0 Å². The molecule has 0 aliphatic heterocycles. The molecule has 0 aliphatic rings. The zero-order valence-electron chi connectivity index (χ0n) is 13.3. The summed E-state index contributed by atoms with van der Waals surface area (Å²) in [6.45, 7) is 11.5. The minimum absolute atomic E-state index is 0.654. The Labute approximate surface area is 119 Å². The lowest BCUT2D eigenvalue weighted by molar-refractivity contribution is 0.251. The molecule has 0 aromatic carbocycles. The molecule has 0 heterocycles. The molecule has 2 atom stereocenters. The quantitative estimate of drug-likeness (QED) is 0.621. The fourth-order valence-electron chi connectivity index (χ4n) is 2.10. The summed E-state index contributed by atoms with van der Waals surface area (Å²) in [5, 5.41) is 3.64. The Bertz CT molecular complexity index is 185. The van der Waals surface area contributed by atoms with Crippen LogP contribution in [0.1, 0.15) is 47.0 Å². The van der Waals surface area contributed by atoms with Crippen LogP contribution in [0.2, 0.25) is 0 Å². The van der Waals surface area contributed by atoms with Gasteiger partial charge < -0.3 is 10.2 Å². The van der Waals surface area contributed by atoms with Crippen molar-refractivity contribution in [1.29, 1.82) is 0 Å². The smallest absolute Gasteiger partial charge is 0.0181 e. The monoisotopic (exact) mass is 274 g/mol. The predicted octanol–water partition coefficient (Wildman–Crippen LogP) is 3.47. The Kier molecular flexibility index (Phi) is 11.3. The number of rotatable bonds is 11. The maximum Gasteiger partial charge on any atom is 0.0181 e. The highest BCUT2D eigenvalue weighted by molar-refractivity contribution is 7.98. The Morgan fingerprint density at radius 1 is 1.17 bits per heavy atom. The standard InChI is InChI=1S/C15H34N2S/c1-7-15(12-18-6)17(5)11-10-16-14(4)9-8-13(2)3/h13-16H,7-12H2,1-6H3. The van der Waals surface area contributed by atoms with Crippen LogP contribution in [0.25, 0.3) is 0 Å². The fraction of sp³-hybridized carbons (Fsp3) is 1.00. The summed E-state index contributed by atoms with van der Waals surface area (Å²) in [6.07, 6.45) is 6.07. The first-order chi connectivity index (χ1) is 8.51. The van der Waals surface area contributed by atoms with Crippen LogP contribution in [0.5, 0.6) is 0 Å². The van der Waals surface area contributed by atoms with Crippen LogP contribution in [0.3, 0.4) is 0 Å². The number of nitrogens with zero attached hydrogens (tertiary/aromatic N) is 1. The average Bonchev–Trinajstić information content (AvgIpc) is 2.33. The van der Waals surface area contributed by atoms with Gasteiger partial charge in [-0.25, -0.2) is 0 Å². The molecular weight excluding hydrogens is 240 g/mol. The minimum atomic E-state index is 0.654. The van der Waals surface area contributed by atoms with Crippen molar-refractivity contribution in [2.24, 2.45) is 5.92 Å². The van der Waals surface area contributed by atoms with Crippen molar-refractivity contribution in [3.8, 4) is 0 Å². The number of thioether (sulfide) groups is 1. The van der Waals surface area contributed by atoms with Gasteiger partial charge in [0.25, 0.3) is 0 Å². The van der Waals surface area contributed by atoms with Gasteiger partial charge in [-0.1, -0.05) is 20.8 Å². The van der Waals surface area contributed by atoms with Crippen LogP contribution in [-0.4, -0.2) is 49.1 Å². The molecule has 0 aromatic rings. The third-order valence-corrected chi connectivity index (χ3v) is 4.31. The van der Waals surface area contributed by atoms with Crippen molar-refractivity contribution in [2.45, 2.75) is 59.0 Å². The van der Waals surface area contributed by atoms with E-state index in [0.717, 1.165) is 25.0 Å². The van der Waals surface area contributed by atoms with E-state index < -0.39 is 0 Å². The van der Waals surface area contributed by atoms with Crippen LogP contribution < -0.4 is 5.32 Å². The third kappa shape index (κ3) is 9.23. The van der Waals surface area contributed by atoms with E-state index in [1.54, 1.807) is 0 Å². The third-order valence-electron chi connectivity index (χ3n) is 3.59. The minimum Gasteiger partial charge on any atom is -0.313 e. The average molecular weight is 275 g/mol. The zero-order valence-corrected chi connectivity index (χ0v) is 14.1. The van der Waals surface area contributed by atoms with Crippen molar-refractivity contribution < 1.29 is 0 Å². The molecule has 0 fully saturated rings. The second-order valence-electron chi connectivity index (χ2n) is 5.82. The maximum atomic E-state index is 3.64. The van der Waals surface area contributed by atoms with E-state index in [9.17, 15) is 0 Å². The largest absolute Gasteiger partial charge is 0.313 e. The highest BCUT2D eigenvalue weighted by Crippen LogP contribution is 2.08. The number of hydrogen-bond acceptors (Lipinski definition) is 3. The number of nitrogens with one attached hydrogen (secondary N) is 1. The van der Waals surface area contributed by atoms with Crippen molar-refractivity contribution in [1.82, 2.24) is 10.2 Å². The SMILES string of the molecule is CCC(CSC)N(C)CCNC(C)CCC(C)C. The molecule has 110 valence electrons. The fourth-order valence-corrected chi connectivity index (χ4v) is 2.98. The summed E-state index contributed by atoms with van der Waals surface area (Å²) >= 11 is 1.95. The normalized spacial score (nSPS) is 15.3. The predicted molar refractivity (Wildman–Crippen MR) is 86.6 cm³/mol. The summed E-state index contributed by atoms with van der Waals surface area (Å²) in [4.78, 5) is 2.50. The second kappa shape index (κ2) is 11.1. The molecule has 0 amide bonds. The maximum absolute atomic E-state index is 3.64. The summed E-state index contributed by atoms with van der Waals surface area (Å²) in [7, 11) is 2.25. The first-order valence-electron chi connectivity index (χ1n) is 7.43. The molecule has 0 aliphatic carbocycles. The molecule has 3 heteroatoms. The van der Waals surface area contributed by atoms with E-state index in [-0.39, 0.29) is 0 Å². The molecule has 0 bridgehead atoms. The molecule has 0 rings (SSSR count). The van der Waals surface area contributed by atoms with E-state index in [0.29, 0.717) is 6.04 Å². The van der Waals surface area contributed by atoms with Gasteiger partial charge in [0.1, 0.15) is 0 Å². The molecule has 2 nitrogen and oxygen atoms in total. The summed E-state index contributed by atoms with van der Waals surface area (Å²) in [5.74, 6) is 2.07. The lowest BCUT2D eigenvalue weighted by Gasteiger charge is -2.27. The van der Waals surface area contributed by atoms with Gasteiger partial charge in [0.05, 0.1) is 0 Å². The summed E-state index contributed by atoms with van der Waals surface area (Å²) < 4.78 is 0. The second-order valence-corrected chi connectivity index (χ2v) is 6.74. The molecule has 0 radical (unpaired) electrons. The molecule has 0 saturated carbocycles. The van der Waals surface area contributed by atoms with Crippen molar-refractivity contribution in [3.05, 3.63) is 0 Å². The van der Waals surface area contributed by atoms with E-state index in [4.69, 9.17) is 0 Å². The first kappa shape index (κ1) is 18.3. The topological polar surface area (TPSA) is 15.3 Å². The van der Waals surface area contributed by atoms with Gasteiger partial charge in [0.15, 0.2) is 0 Å². The van der Waals surface area contributed by atoms with Crippen molar-refractivity contribution in [2.75, 3.05) is 32.1 Å². The van der Waals surface area contributed by atoms with Gasteiger partial charge >= 0.3 is 0 Å². The van der Waals surface area contributed by atoms with Crippen molar-refractivity contribution in [3.63, 3.8) is 0 Å². The molecule has 0 spiro atoms. The van der Waals surface area contributed by atoms with Gasteiger partial charge in [0.2, 0.25) is 0 Å². The van der Waals surface area contributed by atoms with Crippen molar-refractivity contribution >= 4 is 11.8 Å². The number of likely N-dealkylation sites (N-methyl/N-ethyl adjacent to an activating group) is 1. The molecule has 0 aromatic heterocycles. The van der Waals surface area contributed by atoms with Gasteiger partial charge in [0, 0.05) is 30.9 Å². The Balaban J connectivity index is 3.68. The highest BCUT2D eigenvalue weighted by Gasteiger charge is 2.11. The van der Waals surface area contributed by atoms with Gasteiger partial charge in [-0.2, -0.15) is 11.8 Å². The van der Waals surface area contributed by atoms with E-state index >= 15 is 0 Å².